The molecule has 0 atom stereocenters. The standard InChI is InChI=1S/C52H33N3/c1-2-15-39(16-3-1)55-49-24-11-10-21-44(49)45-30-29-37(32-50(45)55)41-18-5-4-17-40(41)35-27-25-34(26-28-35)36-13-12-14-38(31-36)48-33-53-51-46-22-8-6-19-42(46)43-20-7-9-23-47(43)52(51)54-48/h1-33H. The zero-order valence-electron chi connectivity index (χ0n) is 29.9. The Labute approximate surface area is 318 Å². The van der Waals surface area contributed by atoms with Gasteiger partial charge in [0.15, 0.2) is 0 Å². The van der Waals surface area contributed by atoms with Crippen molar-refractivity contribution in [3.05, 3.63) is 200 Å². The van der Waals surface area contributed by atoms with Gasteiger partial charge in [-0.2, -0.15) is 0 Å². The second kappa shape index (κ2) is 12.6. The van der Waals surface area contributed by atoms with Crippen LogP contribution in [0.2, 0.25) is 0 Å². The van der Waals surface area contributed by atoms with Crippen LogP contribution in [0.15, 0.2) is 200 Å². The molecule has 256 valence electrons. The van der Waals surface area contributed by atoms with E-state index >= 15 is 0 Å². The van der Waals surface area contributed by atoms with Crippen LogP contribution in [0.1, 0.15) is 0 Å². The van der Waals surface area contributed by atoms with Gasteiger partial charge in [-0.05, 0) is 74.5 Å². The van der Waals surface area contributed by atoms with Crippen LogP contribution in [0.5, 0.6) is 0 Å². The summed E-state index contributed by atoms with van der Waals surface area (Å²) in [6.07, 6.45) is 1.92. The monoisotopic (exact) mass is 699 g/mol. The van der Waals surface area contributed by atoms with Crippen molar-refractivity contribution in [3.63, 3.8) is 0 Å². The second-order valence-electron chi connectivity index (χ2n) is 14.2. The highest BCUT2D eigenvalue weighted by molar-refractivity contribution is 6.23. The molecule has 0 saturated heterocycles. The quantitative estimate of drug-likeness (QED) is 0.167. The highest BCUT2D eigenvalue weighted by Gasteiger charge is 2.16. The smallest absolute Gasteiger partial charge is 0.0979 e. The Morgan fingerprint density at radius 1 is 0.327 bits per heavy atom. The van der Waals surface area contributed by atoms with Crippen LogP contribution >= 0.6 is 0 Å². The molecular weight excluding hydrogens is 667 g/mol. The fraction of sp³-hybridized carbons (Fsp3) is 0. The summed E-state index contributed by atoms with van der Waals surface area (Å²) in [4.78, 5) is 10.2. The van der Waals surface area contributed by atoms with Crippen molar-refractivity contribution < 1.29 is 0 Å². The first kappa shape index (κ1) is 31.2. The first-order chi connectivity index (χ1) is 27.3. The Morgan fingerprint density at radius 3 is 1.65 bits per heavy atom. The molecule has 0 bridgehead atoms. The molecule has 0 N–H and O–H groups in total. The van der Waals surface area contributed by atoms with Gasteiger partial charge in [0, 0.05) is 32.8 Å². The zero-order valence-corrected chi connectivity index (χ0v) is 29.9. The minimum atomic E-state index is 0.864. The third-order valence-electron chi connectivity index (χ3n) is 11.0. The predicted octanol–water partition coefficient (Wildman–Crippen LogP) is 13.7. The molecule has 11 aromatic rings. The van der Waals surface area contributed by atoms with Gasteiger partial charge >= 0.3 is 0 Å². The average molecular weight is 700 g/mol. The van der Waals surface area contributed by atoms with Crippen LogP contribution in [-0.4, -0.2) is 14.5 Å². The third kappa shape index (κ3) is 5.13. The second-order valence-corrected chi connectivity index (χ2v) is 14.2. The summed E-state index contributed by atoms with van der Waals surface area (Å²) in [6.45, 7) is 0. The van der Waals surface area contributed by atoms with E-state index in [0.717, 1.165) is 49.9 Å². The topological polar surface area (TPSA) is 30.7 Å². The van der Waals surface area contributed by atoms with Crippen LogP contribution < -0.4 is 0 Å². The fourth-order valence-electron chi connectivity index (χ4n) is 8.44. The molecule has 0 spiro atoms. The van der Waals surface area contributed by atoms with Crippen molar-refractivity contribution >= 4 is 54.4 Å². The normalized spacial score (nSPS) is 11.6. The van der Waals surface area contributed by atoms with Gasteiger partial charge in [-0.25, -0.2) is 4.98 Å². The molecule has 2 aromatic heterocycles. The summed E-state index contributed by atoms with van der Waals surface area (Å²) in [6, 6.07) is 69.5. The van der Waals surface area contributed by atoms with E-state index in [1.54, 1.807) is 0 Å². The number of rotatable bonds is 5. The number of hydrogen-bond acceptors (Lipinski definition) is 2. The van der Waals surface area contributed by atoms with Crippen LogP contribution in [0, 0.1) is 0 Å². The molecule has 2 heterocycles. The minimum Gasteiger partial charge on any atom is -0.309 e. The highest BCUT2D eigenvalue weighted by Crippen LogP contribution is 2.39. The van der Waals surface area contributed by atoms with Crippen molar-refractivity contribution in [2.45, 2.75) is 0 Å². The van der Waals surface area contributed by atoms with Gasteiger partial charge in [-0.1, -0.05) is 164 Å². The van der Waals surface area contributed by atoms with Gasteiger partial charge in [0.25, 0.3) is 0 Å². The van der Waals surface area contributed by atoms with Gasteiger partial charge in [-0.3, -0.25) is 4.98 Å². The Kier molecular flexibility index (Phi) is 7.17. The number of para-hydroxylation sites is 2. The summed E-state index contributed by atoms with van der Waals surface area (Å²) >= 11 is 0. The lowest BCUT2D eigenvalue weighted by molar-refractivity contribution is 1.18. The van der Waals surface area contributed by atoms with E-state index in [2.05, 4.69) is 199 Å². The third-order valence-corrected chi connectivity index (χ3v) is 11.0. The molecule has 0 aliphatic heterocycles. The van der Waals surface area contributed by atoms with E-state index in [1.807, 2.05) is 6.20 Å². The molecule has 3 nitrogen and oxygen atoms in total. The lowest BCUT2D eigenvalue weighted by atomic mass is 9.92. The van der Waals surface area contributed by atoms with Gasteiger partial charge in [-0.15, -0.1) is 0 Å². The van der Waals surface area contributed by atoms with Crippen molar-refractivity contribution in [2.24, 2.45) is 0 Å². The maximum absolute atomic E-state index is 5.24. The Balaban J connectivity index is 0.962. The Morgan fingerprint density at radius 2 is 0.891 bits per heavy atom. The van der Waals surface area contributed by atoms with Crippen molar-refractivity contribution in [1.29, 1.82) is 0 Å². The fourth-order valence-corrected chi connectivity index (χ4v) is 8.44. The molecule has 0 fully saturated rings. The van der Waals surface area contributed by atoms with E-state index in [1.165, 1.54) is 54.8 Å². The molecule has 3 heteroatoms. The molecule has 0 unspecified atom stereocenters. The number of fused-ring (bicyclic) bond motifs is 9. The number of hydrogen-bond donors (Lipinski definition) is 0. The summed E-state index contributed by atoms with van der Waals surface area (Å²) in [5.41, 5.74) is 14.4. The van der Waals surface area contributed by atoms with Crippen LogP contribution in [-0.2, 0) is 0 Å². The van der Waals surface area contributed by atoms with E-state index in [-0.39, 0.29) is 0 Å². The lowest BCUT2D eigenvalue weighted by Gasteiger charge is -2.13. The van der Waals surface area contributed by atoms with E-state index in [4.69, 9.17) is 9.97 Å². The van der Waals surface area contributed by atoms with E-state index in [0.29, 0.717) is 0 Å². The molecule has 0 radical (unpaired) electrons. The van der Waals surface area contributed by atoms with Crippen LogP contribution in [0.3, 0.4) is 0 Å². The molecule has 0 amide bonds. The zero-order chi connectivity index (χ0) is 36.3. The first-order valence-corrected chi connectivity index (χ1v) is 18.7. The molecule has 0 aliphatic carbocycles. The maximum atomic E-state index is 5.24. The molecular formula is C52H33N3. The number of aromatic nitrogens is 3. The van der Waals surface area contributed by atoms with Gasteiger partial charge < -0.3 is 4.57 Å². The van der Waals surface area contributed by atoms with Crippen molar-refractivity contribution in [1.82, 2.24) is 14.5 Å². The molecule has 55 heavy (non-hydrogen) atoms. The van der Waals surface area contributed by atoms with Crippen molar-refractivity contribution in [2.75, 3.05) is 0 Å². The minimum absolute atomic E-state index is 0.864. The maximum Gasteiger partial charge on any atom is 0.0979 e. The molecule has 11 rings (SSSR count). The van der Waals surface area contributed by atoms with E-state index < -0.39 is 0 Å². The SMILES string of the molecule is c1ccc(-n2c3ccccc3c3ccc(-c4ccccc4-c4ccc(-c5cccc(-c6cnc7c8ccccc8c8ccccc8c7n6)c5)cc4)cc32)cc1. The average Bonchev–Trinajstić information content (AvgIpc) is 3.60. The number of nitrogens with zero attached hydrogens (tertiary/aromatic N) is 3. The summed E-state index contributed by atoms with van der Waals surface area (Å²) in [7, 11) is 0. The highest BCUT2D eigenvalue weighted by atomic mass is 15.0. The Hall–Kier alpha value is -7.36. The lowest BCUT2D eigenvalue weighted by Crippen LogP contribution is -1.93. The van der Waals surface area contributed by atoms with E-state index in [9.17, 15) is 0 Å². The largest absolute Gasteiger partial charge is 0.309 e. The Bertz CT molecular complexity index is 3210. The number of benzene rings is 9. The summed E-state index contributed by atoms with van der Waals surface area (Å²) in [5, 5.41) is 7.16. The van der Waals surface area contributed by atoms with Gasteiger partial charge in [0.2, 0.25) is 0 Å². The molecule has 0 aliphatic rings. The molecule has 0 saturated carbocycles. The van der Waals surface area contributed by atoms with Crippen LogP contribution in [0.25, 0.3) is 105 Å². The first-order valence-electron chi connectivity index (χ1n) is 18.7. The molecule has 9 aromatic carbocycles. The summed E-state index contributed by atoms with van der Waals surface area (Å²) < 4.78 is 2.38. The van der Waals surface area contributed by atoms with Crippen molar-refractivity contribution in [3.8, 4) is 50.3 Å². The summed E-state index contributed by atoms with van der Waals surface area (Å²) in [5.74, 6) is 0. The van der Waals surface area contributed by atoms with Gasteiger partial charge in [0.05, 0.1) is 34.0 Å². The predicted molar refractivity (Wildman–Crippen MR) is 231 cm³/mol. The van der Waals surface area contributed by atoms with Gasteiger partial charge in [0.1, 0.15) is 0 Å². The van der Waals surface area contributed by atoms with Crippen LogP contribution in [0.4, 0.5) is 0 Å².